The van der Waals surface area contributed by atoms with Crippen molar-refractivity contribution >= 4 is 37.3 Å². The average molecular weight is 340 g/mol. The maximum absolute atomic E-state index is 12.3. The van der Waals surface area contributed by atoms with E-state index in [1.54, 1.807) is 6.07 Å². The first-order valence-electron chi connectivity index (χ1n) is 5.35. The number of aryl methyl sites for hydroxylation is 1. The Balaban J connectivity index is 2.24. The molecule has 1 aromatic heterocycles. The summed E-state index contributed by atoms with van der Waals surface area (Å²) in [6.45, 7) is 2.68. The highest BCUT2D eigenvalue weighted by Gasteiger charge is 2.30. The van der Waals surface area contributed by atoms with E-state index in [1.807, 2.05) is 6.92 Å². The number of sulfonamides is 1. The molecule has 0 unspecified atom stereocenters. The molecule has 2 rings (SSSR count). The number of hydrogen-bond acceptors (Lipinski definition) is 4. The van der Waals surface area contributed by atoms with Crippen LogP contribution < -0.4 is 0 Å². The molecule has 17 heavy (non-hydrogen) atoms. The number of nitrogens with zero attached hydrogens (tertiary/aromatic N) is 1. The highest BCUT2D eigenvalue weighted by atomic mass is 79.9. The molecule has 4 nitrogen and oxygen atoms in total. The molecular formula is C10H14BrNO3S2. The molecule has 0 atom stereocenters. The molecule has 1 aromatic rings. The summed E-state index contributed by atoms with van der Waals surface area (Å²) in [5, 5.41) is 9.39. The van der Waals surface area contributed by atoms with Gasteiger partial charge in [0, 0.05) is 13.1 Å². The Morgan fingerprint density at radius 1 is 1.47 bits per heavy atom. The molecule has 0 radical (unpaired) electrons. The van der Waals surface area contributed by atoms with Gasteiger partial charge in [-0.1, -0.05) is 0 Å². The highest BCUT2D eigenvalue weighted by molar-refractivity contribution is 9.11. The Morgan fingerprint density at radius 2 is 2.06 bits per heavy atom. The molecule has 7 heteroatoms. The minimum atomic E-state index is -3.38. The van der Waals surface area contributed by atoms with Gasteiger partial charge in [-0.3, -0.25) is 0 Å². The Morgan fingerprint density at radius 3 is 2.53 bits per heavy atom. The van der Waals surface area contributed by atoms with Crippen LogP contribution in [0.3, 0.4) is 0 Å². The Labute approximate surface area is 113 Å². The van der Waals surface area contributed by atoms with Gasteiger partial charge in [0.05, 0.1) is 9.89 Å². The van der Waals surface area contributed by atoms with Crippen molar-refractivity contribution in [2.24, 2.45) is 0 Å². The maximum Gasteiger partial charge on any atom is 0.252 e. The van der Waals surface area contributed by atoms with Crippen molar-refractivity contribution in [2.45, 2.75) is 30.1 Å². The lowest BCUT2D eigenvalue weighted by Gasteiger charge is -2.28. The van der Waals surface area contributed by atoms with Crippen molar-refractivity contribution in [3.05, 3.63) is 15.4 Å². The van der Waals surface area contributed by atoms with Gasteiger partial charge in [0.2, 0.25) is 0 Å². The second-order valence-corrected chi connectivity index (χ2v) is 8.69. The Bertz CT molecular complexity index is 484. The van der Waals surface area contributed by atoms with E-state index in [2.05, 4.69) is 15.9 Å². The summed E-state index contributed by atoms with van der Waals surface area (Å²) in [6, 6.07) is 1.69. The van der Waals surface area contributed by atoms with Crippen LogP contribution >= 0.6 is 27.3 Å². The third kappa shape index (κ3) is 2.73. The third-order valence-electron chi connectivity index (χ3n) is 2.85. The monoisotopic (exact) mass is 339 g/mol. The number of thiophene rings is 1. The van der Waals surface area contributed by atoms with Gasteiger partial charge < -0.3 is 5.11 Å². The van der Waals surface area contributed by atoms with Gasteiger partial charge in [-0.15, -0.1) is 11.3 Å². The van der Waals surface area contributed by atoms with Gasteiger partial charge in [-0.25, -0.2) is 8.42 Å². The quantitative estimate of drug-likeness (QED) is 0.896. The van der Waals surface area contributed by atoms with E-state index in [0.717, 1.165) is 9.35 Å². The van der Waals surface area contributed by atoms with Crippen molar-refractivity contribution in [2.75, 3.05) is 13.1 Å². The SMILES string of the molecule is Cc1cc(S(=O)(=O)N2CCC(O)CC2)sc1Br. The predicted octanol–water partition coefficient (Wildman–Crippen LogP) is 1.96. The predicted molar refractivity (Wildman–Crippen MR) is 70.8 cm³/mol. The standard InChI is InChI=1S/C10H14BrNO3S2/c1-7-6-9(16-10(7)11)17(14,15)12-4-2-8(13)3-5-12/h6,8,13H,2-5H2,1H3. The van der Waals surface area contributed by atoms with Gasteiger partial charge >= 0.3 is 0 Å². The largest absolute Gasteiger partial charge is 0.393 e. The van der Waals surface area contributed by atoms with Gasteiger partial charge in [0.1, 0.15) is 4.21 Å². The lowest BCUT2D eigenvalue weighted by Crippen LogP contribution is -2.39. The maximum atomic E-state index is 12.3. The van der Waals surface area contributed by atoms with Crippen LogP contribution in [0.15, 0.2) is 14.1 Å². The summed E-state index contributed by atoms with van der Waals surface area (Å²) < 4.78 is 27.3. The van der Waals surface area contributed by atoms with E-state index < -0.39 is 10.0 Å². The zero-order chi connectivity index (χ0) is 12.6. The van der Waals surface area contributed by atoms with E-state index >= 15 is 0 Å². The molecule has 1 aliphatic rings. The van der Waals surface area contributed by atoms with Crippen LogP contribution in [-0.2, 0) is 10.0 Å². The molecule has 0 bridgehead atoms. The lowest BCUT2D eigenvalue weighted by atomic mass is 10.1. The normalized spacial score (nSPS) is 19.7. The summed E-state index contributed by atoms with van der Waals surface area (Å²) in [4.78, 5) is 0. The van der Waals surface area contributed by atoms with Crippen LogP contribution in [0.1, 0.15) is 18.4 Å². The highest BCUT2D eigenvalue weighted by Crippen LogP contribution is 2.33. The Hall–Kier alpha value is 0.0500. The first kappa shape index (κ1) is 13.5. The minimum Gasteiger partial charge on any atom is -0.393 e. The average Bonchev–Trinajstić information content (AvgIpc) is 2.60. The third-order valence-corrected chi connectivity index (χ3v) is 7.34. The molecule has 96 valence electrons. The number of aliphatic hydroxyl groups excluding tert-OH is 1. The van der Waals surface area contributed by atoms with Crippen LogP contribution in [0.2, 0.25) is 0 Å². The number of hydrogen-bond donors (Lipinski definition) is 1. The van der Waals surface area contributed by atoms with Crippen molar-refractivity contribution in [1.82, 2.24) is 4.31 Å². The van der Waals surface area contributed by atoms with Crippen LogP contribution in [0, 0.1) is 6.92 Å². The molecule has 0 aromatic carbocycles. The molecule has 0 spiro atoms. The first-order chi connectivity index (χ1) is 7.91. The number of aliphatic hydroxyl groups is 1. The smallest absolute Gasteiger partial charge is 0.252 e. The lowest BCUT2D eigenvalue weighted by molar-refractivity contribution is 0.113. The number of piperidine rings is 1. The first-order valence-corrected chi connectivity index (χ1v) is 8.40. The van der Waals surface area contributed by atoms with Gasteiger partial charge in [-0.05, 0) is 47.3 Å². The number of halogens is 1. The second-order valence-electron chi connectivity index (χ2n) is 4.16. The fourth-order valence-electron chi connectivity index (χ4n) is 1.77. The summed E-state index contributed by atoms with van der Waals surface area (Å²) >= 11 is 4.58. The van der Waals surface area contributed by atoms with E-state index in [1.165, 1.54) is 15.6 Å². The van der Waals surface area contributed by atoms with E-state index in [0.29, 0.717) is 30.1 Å². The van der Waals surface area contributed by atoms with Crippen molar-refractivity contribution < 1.29 is 13.5 Å². The van der Waals surface area contributed by atoms with E-state index in [-0.39, 0.29) is 6.10 Å². The zero-order valence-corrected chi connectivity index (χ0v) is 12.6. The zero-order valence-electron chi connectivity index (χ0n) is 9.39. The topological polar surface area (TPSA) is 57.6 Å². The molecular weight excluding hydrogens is 326 g/mol. The minimum absolute atomic E-state index is 0.363. The second kappa shape index (κ2) is 4.97. The van der Waals surface area contributed by atoms with Gasteiger partial charge in [-0.2, -0.15) is 4.31 Å². The molecule has 0 aliphatic carbocycles. The van der Waals surface area contributed by atoms with Gasteiger partial charge in [0.25, 0.3) is 10.0 Å². The van der Waals surface area contributed by atoms with Crippen LogP contribution in [-0.4, -0.2) is 37.0 Å². The Kier molecular flexibility index (Phi) is 3.94. The number of rotatable bonds is 2. The van der Waals surface area contributed by atoms with Crippen LogP contribution in [0.4, 0.5) is 0 Å². The summed E-state index contributed by atoms with van der Waals surface area (Å²) in [5.41, 5.74) is 0.936. The fourth-order valence-corrected chi connectivity index (χ4v) is 5.62. The van der Waals surface area contributed by atoms with Crippen molar-refractivity contribution in [1.29, 1.82) is 0 Å². The van der Waals surface area contributed by atoms with E-state index in [4.69, 9.17) is 0 Å². The summed E-state index contributed by atoms with van der Waals surface area (Å²) in [6.07, 6.45) is 0.674. The van der Waals surface area contributed by atoms with E-state index in [9.17, 15) is 13.5 Å². The molecule has 1 saturated heterocycles. The summed E-state index contributed by atoms with van der Waals surface area (Å²) in [7, 11) is -3.38. The molecule has 0 amide bonds. The summed E-state index contributed by atoms with van der Waals surface area (Å²) in [5.74, 6) is 0. The molecule has 2 heterocycles. The van der Waals surface area contributed by atoms with Crippen LogP contribution in [0.25, 0.3) is 0 Å². The molecule has 0 saturated carbocycles. The fraction of sp³-hybridized carbons (Fsp3) is 0.600. The van der Waals surface area contributed by atoms with Crippen LogP contribution in [0.5, 0.6) is 0 Å². The van der Waals surface area contributed by atoms with Crippen molar-refractivity contribution in [3.8, 4) is 0 Å². The molecule has 1 fully saturated rings. The molecule has 1 aliphatic heterocycles. The van der Waals surface area contributed by atoms with Crippen molar-refractivity contribution in [3.63, 3.8) is 0 Å². The molecule has 1 N–H and O–H groups in total. The van der Waals surface area contributed by atoms with Gasteiger partial charge in [0.15, 0.2) is 0 Å².